The first-order valence-corrected chi connectivity index (χ1v) is 9.20. The number of nitrogens with zero attached hydrogens (tertiary/aromatic N) is 1. The maximum atomic E-state index is 12.8. The molecule has 0 radical (unpaired) electrons. The zero-order chi connectivity index (χ0) is 20.3. The SMILES string of the molecule is Cn1ccc(=O)c(OCc2ccccc2)c1C(O)(C1=COCO1)c1ccccc1. The molecule has 4 rings (SSSR count). The van der Waals surface area contributed by atoms with Crippen molar-refractivity contribution >= 4 is 0 Å². The first kappa shape index (κ1) is 18.8. The summed E-state index contributed by atoms with van der Waals surface area (Å²) in [5.74, 6) is 0.246. The molecule has 29 heavy (non-hydrogen) atoms. The van der Waals surface area contributed by atoms with Crippen LogP contribution in [-0.2, 0) is 28.7 Å². The molecule has 1 aliphatic heterocycles. The molecule has 1 atom stereocenters. The molecule has 0 bridgehead atoms. The van der Waals surface area contributed by atoms with Crippen LogP contribution in [0.3, 0.4) is 0 Å². The Morgan fingerprint density at radius 1 is 1.07 bits per heavy atom. The molecule has 0 fully saturated rings. The summed E-state index contributed by atoms with van der Waals surface area (Å²) in [7, 11) is 1.74. The van der Waals surface area contributed by atoms with Gasteiger partial charge in [0.05, 0.1) is 0 Å². The minimum atomic E-state index is -1.76. The molecule has 0 saturated carbocycles. The number of hydrogen-bond acceptors (Lipinski definition) is 5. The van der Waals surface area contributed by atoms with Crippen molar-refractivity contribution < 1.29 is 19.3 Å². The van der Waals surface area contributed by atoms with E-state index < -0.39 is 5.60 Å². The van der Waals surface area contributed by atoms with Crippen LogP contribution in [0.2, 0.25) is 0 Å². The van der Waals surface area contributed by atoms with E-state index in [9.17, 15) is 9.90 Å². The van der Waals surface area contributed by atoms with Gasteiger partial charge in [-0.05, 0) is 11.1 Å². The fraction of sp³-hybridized carbons (Fsp3) is 0.174. The average molecular weight is 391 g/mol. The molecule has 6 nitrogen and oxygen atoms in total. The molecule has 148 valence electrons. The molecular weight excluding hydrogens is 370 g/mol. The summed E-state index contributed by atoms with van der Waals surface area (Å²) in [5, 5.41) is 11.9. The fourth-order valence-electron chi connectivity index (χ4n) is 3.40. The van der Waals surface area contributed by atoms with Crippen LogP contribution in [0.25, 0.3) is 0 Å². The molecular formula is C23H21NO5. The van der Waals surface area contributed by atoms with Crippen molar-refractivity contribution in [1.82, 2.24) is 4.57 Å². The lowest BCUT2D eigenvalue weighted by molar-refractivity contribution is 0.0110. The molecule has 0 spiro atoms. The highest BCUT2D eigenvalue weighted by molar-refractivity contribution is 5.47. The van der Waals surface area contributed by atoms with Crippen molar-refractivity contribution in [2.75, 3.05) is 6.79 Å². The molecule has 1 unspecified atom stereocenters. The van der Waals surface area contributed by atoms with Crippen LogP contribution in [-0.4, -0.2) is 16.5 Å². The zero-order valence-corrected chi connectivity index (χ0v) is 15.9. The summed E-state index contributed by atoms with van der Waals surface area (Å²) in [6, 6.07) is 19.9. The maximum absolute atomic E-state index is 12.8. The summed E-state index contributed by atoms with van der Waals surface area (Å²) >= 11 is 0. The number of rotatable bonds is 6. The van der Waals surface area contributed by atoms with E-state index in [0.29, 0.717) is 5.56 Å². The number of aromatic nitrogens is 1. The number of hydrogen-bond donors (Lipinski definition) is 1. The van der Waals surface area contributed by atoms with Gasteiger partial charge in [0, 0.05) is 19.3 Å². The van der Waals surface area contributed by atoms with Gasteiger partial charge in [-0.2, -0.15) is 0 Å². The maximum Gasteiger partial charge on any atom is 0.230 e. The summed E-state index contributed by atoms with van der Waals surface area (Å²) in [6.07, 6.45) is 2.96. The third-order valence-corrected chi connectivity index (χ3v) is 4.83. The van der Waals surface area contributed by atoms with E-state index >= 15 is 0 Å². The van der Waals surface area contributed by atoms with E-state index in [1.165, 1.54) is 12.3 Å². The number of aliphatic hydroxyl groups is 1. The van der Waals surface area contributed by atoms with Crippen LogP contribution in [0, 0.1) is 0 Å². The van der Waals surface area contributed by atoms with E-state index in [1.807, 2.05) is 48.5 Å². The number of pyridine rings is 1. The Balaban J connectivity index is 1.87. The lowest BCUT2D eigenvalue weighted by atomic mass is 9.87. The van der Waals surface area contributed by atoms with Crippen LogP contribution in [0.5, 0.6) is 5.75 Å². The third-order valence-electron chi connectivity index (χ3n) is 4.83. The molecule has 1 N–H and O–H groups in total. The summed E-state index contributed by atoms with van der Waals surface area (Å²) in [5.41, 5.74) is -0.388. The van der Waals surface area contributed by atoms with Crippen LogP contribution < -0.4 is 10.2 Å². The zero-order valence-electron chi connectivity index (χ0n) is 15.9. The average Bonchev–Trinajstić information content (AvgIpc) is 3.31. The van der Waals surface area contributed by atoms with Gasteiger partial charge in [0.15, 0.2) is 17.1 Å². The number of aryl methyl sites for hydroxylation is 1. The monoisotopic (exact) mass is 391 g/mol. The third kappa shape index (κ3) is 3.50. The minimum Gasteiger partial charge on any atom is -0.483 e. The second-order valence-corrected chi connectivity index (χ2v) is 6.73. The van der Waals surface area contributed by atoms with E-state index in [1.54, 1.807) is 29.9 Å². The minimum absolute atomic E-state index is 0.00847. The molecule has 1 aliphatic rings. The highest BCUT2D eigenvalue weighted by atomic mass is 16.7. The van der Waals surface area contributed by atoms with Crippen molar-refractivity contribution in [3.8, 4) is 5.75 Å². The van der Waals surface area contributed by atoms with Gasteiger partial charge in [0.25, 0.3) is 0 Å². The molecule has 2 heterocycles. The predicted molar refractivity (Wildman–Crippen MR) is 107 cm³/mol. The molecule has 6 heteroatoms. The van der Waals surface area contributed by atoms with E-state index in [0.717, 1.165) is 5.56 Å². The smallest absolute Gasteiger partial charge is 0.230 e. The van der Waals surface area contributed by atoms with Crippen LogP contribution >= 0.6 is 0 Å². The topological polar surface area (TPSA) is 69.9 Å². The van der Waals surface area contributed by atoms with Gasteiger partial charge < -0.3 is 23.9 Å². The standard InChI is InChI=1S/C23H21NO5/c1-24-13-12-19(25)21(28-14-17-8-4-2-5-9-17)22(24)23(26,20-15-27-16-29-20)18-10-6-3-7-11-18/h2-13,15,26H,14,16H2,1H3. The fourth-order valence-corrected chi connectivity index (χ4v) is 3.40. The largest absolute Gasteiger partial charge is 0.483 e. The summed E-state index contributed by atoms with van der Waals surface area (Å²) < 4.78 is 18.4. The van der Waals surface area contributed by atoms with Crippen LogP contribution in [0.1, 0.15) is 16.8 Å². The van der Waals surface area contributed by atoms with Crippen LogP contribution in [0.4, 0.5) is 0 Å². The molecule has 0 saturated heterocycles. The molecule has 0 amide bonds. The van der Waals surface area contributed by atoms with Gasteiger partial charge in [-0.15, -0.1) is 0 Å². The normalized spacial score (nSPS) is 15.0. The molecule has 2 aromatic carbocycles. The summed E-state index contributed by atoms with van der Waals surface area (Å²) in [6.45, 7) is 0.180. The van der Waals surface area contributed by atoms with Crippen LogP contribution in [0.15, 0.2) is 89.7 Å². The predicted octanol–water partition coefficient (Wildman–Crippen LogP) is 3.05. The second-order valence-electron chi connectivity index (χ2n) is 6.73. The quantitative estimate of drug-likeness (QED) is 0.699. The van der Waals surface area contributed by atoms with E-state index in [4.69, 9.17) is 14.2 Å². The Morgan fingerprint density at radius 3 is 2.41 bits per heavy atom. The van der Waals surface area contributed by atoms with Gasteiger partial charge in [-0.25, -0.2) is 0 Å². The second kappa shape index (κ2) is 7.85. The lowest BCUT2D eigenvalue weighted by Crippen LogP contribution is -2.35. The highest BCUT2D eigenvalue weighted by Crippen LogP contribution is 2.41. The van der Waals surface area contributed by atoms with Gasteiger partial charge in [0.2, 0.25) is 12.2 Å². The molecule has 0 aliphatic carbocycles. The first-order valence-electron chi connectivity index (χ1n) is 9.20. The van der Waals surface area contributed by atoms with Crippen molar-refractivity contribution in [2.24, 2.45) is 7.05 Å². The van der Waals surface area contributed by atoms with Gasteiger partial charge >= 0.3 is 0 Å². The van der Waals surface area contributed by atoms with Crippen molar-refractivity contribution in [3.05, 3.63) is 112 Å². The van der Waals surface area contributed by atoms with E-state index in [-0.39, 0.29) is 36.0 Å². The van der Waals surface area contributed by atoms with Crippen molar-refractivity contribution in [1.29, 1.82) is 0 Å². The van der Waals surface area contributed by atoms with Crippen molar-refractivity contribution in [3.63, 3.8) is 0 Å². The number of ether oxygens (including phenoxy) is 3. The molecule has 1 aromatic heterocycles. The molecule has 3 aromatic rings. The first-order chi connectivity index (χ1) is 14.1. The number of benzene rings is 2. The summed E-state index contributed by atoms with van der Waals surface area (Å²) in [4.78, 5) is 12.8. The van der Waals surface area contributed by atoms with Crippen molar-refractivity contribution in [2.45, 2.75) is 12.2 Å². The Hall–Kier alpha value is -3.51. The van der Waals surface area contributed by atoms with E-state index in [2.05, 4.69) is 0 Å². The Kier molecular flexibility index (Phi) is 5.10. The van der Waals surface area contributed by atoms with Gasteiger partial charge in [0.1, 0.15) is 18.6 Å². The van der Waals surface area contributed by atoms with Gasteiger partial charge in [-0.3, -0.25) is 4.79 Å². The lowest BCUT2D eigenvalue weighted by Gasteiger charge is -2.31. The highest BCUT2D eigenvalue weighted by Gasteiger charge is 2.44. The Morgan fingerprint density at radius 2 is 1.76 bits per heavy atom. The van der Waals surface area contributed by atoms with Gasteiger partial charge in [-0.1, -0.05) is 60.7 Å². The Labute approximate surface area is 168 Å². The Bertz CT molecular complexity index is 1080.